The molecule has 0 saturated carbocycles. The topological polar surface area (TPSA) is 99.2 Å². The van der Waals surface area contributed by atoms with Gasteiger partial charge in [0.15, 0.2) is 0 Å². The molecule has 0 aliphatic carbocycles. The van der Waals surface area contributed by atoms with E-state index in [1.807, 2.05) is 0 Å². The van der Waals surface area contributed by atoms with Crippen LogP contribution in [0, 0.1) is 0 Å². The van der Waals surface area contributed by atoms with Crippen molar-refractivity contribution in [2.24, 2.45) is 0 Å². The highest BCUT2D eigenvalue weighted by atomic mass is 16.6. The van der Waals surface area contributed by atoms with E-state index in [4.69, 9.17) is 9.84 Å². The van der Waals surface area contributed by atoms with Crippen LogP contribution in [0.5, 0.6) is 0 Å². The summed E-state index contributed by atoms with van der Waals surface area (Å²) in [4.78, 5) is 35.2. The van der Waals surface area contributed by atoms with Gasteiger partial charge < -0.3 is 15.2 Å². The second kappa shape index (κ2) is 7.42. The molecule has 25 heavy (non-hydrogen) atoms. The summed E-state index contributed by atoms with van der Waals surface area (Å²) in [5.41, 5.74) is 0.149. The van der Waals surface area contributed by atoms with E-state index in [2.05, 4.69) is 5.32 Å². The highest BCUT2D eigenvalue weighted by Gasteiger charge is 2.28. The first kappa shape index (κ1) is 18.6. The minimum absolute atomic E-state index is 0.156. The number of anilines is 1. The molecule has 0 radical (unpaired) electrons. The summed E-state index contributed by atoms with van der Waals surface area (Å²) in [6.45, 7) is 6.14. The number of aromatic carboxylic acids is 1. The number of carbonyl (C=O) groups excluding carboxylic acids is 2. The van der Waals surface area contributed by atoms with Crippen LogP contribution in [-0.4, -0.2) is 53.3 Å². The summed E-state index contributed by atoms with van der Waals surface area (Å²) in [5, 5.41) is 14.8. The Morgan fingerprint density at radius 3 is 2.60 bits per heavy atom. The number of alkyl carbamates (subject to hydrolysis) is 1. The molecule has 0 aromatic heterocycles. The molecule has 1 aromatic carbocycles. The van der Waals surface area contributed by atoms with Crippen LogP contribution >= 0.6 is 0 Å². The average Bonchev–Trinajstić information content (AvgIpc) is 3.00. The van der Waals surface area contributed by atoms with Gasteiger partial charge in [-0.15, -0.1) is 0 Å². The smallest absolute Gasteiger partial charge is 0.408 e. The van der Waals surface area contributed by atoms with E-state index in [1.165, 1.54) is 17.1 Å². The molecule has 0 spiro atoms. The number of carboxylic acids is 1. The number of hydrogen-bond donors (Lipinski definition) is 2. The van der Waals surface area contributed by atoms with Crippen molar-refractivity contribution in [1.29, 1.82) is 0 Å². The Kier molecular flexibility index (Phi) is 5.51. The zero-order valence-corrected chi connectivity index (χ0v) is 14.6. The predicted molar refractivity (Wildman–Crippen MR) is 91.3 cm³/mol. The molecule has 2 rings (SSSR count). The number of hydrogen-bond acceptors (Lipinski definition) is 5. The first-order valence-electron chi connectivity index (χ1n) is 8.05. The zero-order chi connectivity index (χ0) is 18.6. The highest BCUT2D eigenvalue weighted by molar-refractivity contribution is 5.89. The van der Waals surface area contributed by atoms with E-state index in [9.17, 15) is 14.4 Å². The summed E-state index contributed by atoms with van der Waals surface area (Å²) >= 11 is 0. The van der Waals surface area contributed by atoms with Crippen LogP contribution in [0.25, 0.3) is 0 Å². The van der Waals surface area contributed by atoms with E-state index in [1.54, 1.807) is 37.9 Å². The maximum absolute atomic E-state index is 12.4. The summed E-state index contributed by atoms with van der Waals surface area (Å²) in [6, 6.07) is 6.41. The Labute approximate surface area is 146 Å². The Balaban J connectivity index is 2.01. The number of nitrogens with zero attached hydrogens (tertiary/aromatic N) is 2. The minimum Gasteiger partial charge on any atom is -0.478 e. The van der Waals surface area contributed by atoms with E-state index in [0.29, 0.717) is 18.8 Å². The molecular formula is C17H23N3O5. The van der Waals surface area contributed by atoms with Crippen LogP contribution in [0.15, 0.2) is 24.3 Å². The Morgan fingerprint density at radius 2 is 1.96 bits per heavy atom. The number of rotatable bonds is 4. The number of benzene rings is 1. The molecule has 1 heterocycles. The van der Waals surface area contributed by atoms with Gasteiger partial charge in [0, 0.05) is 13.1 Å². The van der Waals surface area contributed by atoms with Crippen LogP contribution < -0.4 is 10.3 Å². The van der Waals surface area contributed by atoms with Gasteiger partial charge in [-0.1, -0.05) is 6.07 Å². The second-order valence-corrected chi connectivity index (χ2v) is 6.70. The number of amides is 2. The summed E-state index contributed by atoms with van der Waals surface area (Å²) in [6.07, 6.45) is 0.106. The molecule has 2 amide bonds. The van der Waals surface area contributed by atoms with Crippen molar-refractivity contribution in [2.45, 2.75) is 32.8 Å². The van der Waals surface area contributed by atoms with Gasteiger partial charge in [-0.2, -0.15) is 0 Å². The molecule has 1 aliphatic rings. The van der Waals surface area contributed by atoms with Crippen LogP contribution in [0.2, 0.25) is 0 Å². The number of carbonyl (C=O) groups is 3. The molecule has 8 heteroatoms. The molecule has 1 aromatic rings. The fourth-order valence-corrected chi connectivity index (χ4v) is 2.49. The van der Waals surface area contributed by atoms with E-state index in [-0.39, 0.29) is 18.0 Å². The summed E-state index contributed by atoms with van der Waals surface area (Å²) < 4.78 is 5.10. The number of carboxylic acid groups (broad SMARTS) is 1. The number of ether oxygens (including phenoxy) is 1. The van der Waals surface area contributed by atoms with Gasteiger partial charge in [0.05, 0.1) is 11.3 Å². The lowest BCUT2D eigenvalue weighted by Gasteiger charge is -2.30. The van der Waals surface area contributed by atoms with Crippen LogP contribution in [0.1, 0.15) is 37.6 Å². The lowest BCUT2D eigenvalue weighted by molar-refractivity contribution is -0.129. The van der Waals surface area contributed by atoms with E-state index in [0.717, 1.165) is 6.42 Å². The standard InChI is InChI=1S/C17H23N3O5/c1-17(2,3)25-16(24)18-11-14(21)20-9-5-8-19(20)13-7-4-6-12(10-13)15(22)23/h4,6-7,10H,5,8-9,11H2,1-3H3,(H,18,24)(H,22,23). The first-order chi connectivity index (χ1) is 11.7. The first-order valence-corrected chi connectivity index (χ1v) is 8.05. The van der Waals surface area contributed by atoms with Gasteiger partial charge in [0.2, 0.25) is 0 Å². The van der Waals surface area contributed by atoms with Crippen molar-refractivity contribution >= 4 is 23.7 Å². The maximum Gasteiger partial charge on any atom is 0.408 e. The van der Waals surface area contributed by atoms with Gasteiger partial charge in [-0.05, 0) is 45.4 Å². The van der Waals surface area contributed by atoms with Gasteiger partial charge >= 0.3 is 12.1 Å². The zero-order valence-electron chi connectivity index (χ0n) is 14.6. The maximum atomic E-state index is 12.4. The Hall–Kier alpha value is -2.77. The summed E-state index contributed by atoms with van der Waals surface area (Å²) in [5.74, 6) is -1.31. The quantitative estimate of drug-likeness (QED) is 0.861. The molecule has 2 N–H and O–H groups in total. The van der Waals surface area contributed by atoms with Crippen molar-refractivity contribution < 1.29 is 24.2 Å². The molecule has 1 saturated heterocycles. The molecule has 0 bridgehead atoms. The molecule has 1 fully saturated rings. The fraction of sp³-hybridized carbons (Fsp3) is 0.471. The van der Waals surface area contributed by atoms with Crippen molar-refractivity contribution in [3.63, 3.8) is 0 Å². The van der Waals surface area contributed by atoms with Gasteiger partial charge in [0.1, 0.15) is 12.1 Å². The average molecular weight is 349 g/mol. The largest absolute Gasteiger partial charge is 0.478 e. The van der Waals surface area contributed by atoms with Crippen molar-refractivity contribution in [3.8, 4) is 0 Å². The highest BCUT2D eigenvalue weighted by Crippen LogP contribution is 2.23. The normalized spacial score (nSPS) is 14.4. The van der Waals surface area contributed by atoms with Gasteiger partial charge in [-0.25, -0.2) is 9.59 Å². The van der Waals surface area contributed by atoms with Gasteiger partial charge in [-0.3, -0.25) is 14.8 Å². The van der Waals surface area contributed by atoms with Crippen molar-refractivity contribution in [1.82, 2.24) is 10.3 Å². The lowest BCUT2D eigenvalue weighted by Crippen LogP contribution is -2.47. The third kappa shape index (κ3) is 5.10. The Bertz CT molecular complexity index is 668. The second-order valence-electron chi connectivity index (χ2n) is 6.70. The SMILES string of the molecule is CC(C)(C)OC(=O)NCC(=O)N1CCCN1c1cccc(C(=O)O)c1. The predicted octanol–water partition coefficient (Wildman–Crippen LogP) is 1.86. The molecule has 0 unspecified atom stereocenters. The third-order valence-electron chi connectivity index (χ3n) is 3.49. The number of hydrazine groups is 1. The van der Waals surface area contributed by atoms with Crippen molar-refractivity contribution in [2.75, 3.05) is 24.6 Å². The van der Waals surface area contributed by atoms with Crippen LogP contribution in [-0.2, 0) is 9.53 Å². The lowest BCUT2D eigenvalue weighted by atomic mass is 10.2. The molecule has 136 valence electrons. The third-order valence-corrected chi connectivity index (χ3v) is 3.49. The van der Waals surface area contributed by atoms with Crippen LogP contribution in [0.3, 0.4) is 0 Å². The van der Waals surface area contributed by atoms with Crippen LogP contribution in [0.4, 0.5) is 10.5 Å². The Morgan fingerprint density at radius 1 is 1.24 bits per heavy atom. The molecule has 8 nitrogen and oxygen atoms in total. The minimum atomic E-state index is -1.02. The fourth-order valence-electron chi connectivity index (χ4n) is 2.49. The van der Waals surface area contributed by atoms with E-state index < -0.39 is 17.7 Å². The molecule has 1 aliphatic heterocycles. The van der Waals surface area contributed by atoms with Gasteiger partial charge in [0.25, 0.3) is 5.91 Å². The molecular weight excluding hydrogens is 326 g/mol. The van der Waals surface area contributed by atoms with Crippen molar-refractivity contribution in [3.05, 3.63) is 29.8 Å². The molecule has 0 atom stereocenters. The van der Waals surface area contributed by atoms with E-state index >= 15 is 0 Å². The number of nitrogens with one attached hydrogen (secondary N) is 1. The monoisotopic (exact) mass is 349 g/mol. The summed E-state index contributed by atoms with van der Waals surface area (Å²) in [7, 11) is 0.